The summed E-state index contributed by atoms with van der Waals surface area (Å²) in [6.45, 7) is 0. The molecule has 3 aromatic heterocycles. The molecule has 52 heavy (non-hydrogen) atoms. The summed E-state index contributed by atoms with van der Waals surface area (Å²) in [5.74, 6) is 1.94. The van der Waals surface area contributed by atoms with Gasteiger partial charge in [-0.3, -0.25) is 0 Å². The number of hydrogen-bond donors (Lipinski definition) is 0. The van der Waals surface area contributed by atoms with E-state index in [1.54, 1.807) is 11.3 Å². The molecule has 242 valence electrons. The highest BCUT2D eigenvalue weighted by molar-refractivity contribution is 7.26. The highest BCUT2D eigenvalue weighted by Crippen LogP contribution is 2.41. The topological polar surface area (TPSA) is 43.6 Å². The van der Waals surface area contributed by atoms with Crippen LogP contribution in [-0.4, -0.2) is 19.5 Å². The number of fused-ring (bicyclic) bond motifs is 8. The summed E-state index contributed by atoms with van der Waals surface area (Å²) in [6.07, 6.45) is 0. The molecule has 0 aliphatic heterocycles. The lowest BCUT2D eigenvalue weighted by atomic mass is 10.1. The number of nitrogens with zero attached hydrogens (tertiary/aromatic N) is 4. The number of hydrogen-bond acceptors (Lipinski definition) is 4. The number of aromatic nitrogens is 4. The maximum atomic E-state index is 5.33. The van der Waals surface area contributed by atoms with Crippen molar-refractivity contribution in [2.75, 3.05) is 0 Å². The van der Waals surface area contributed by atoms with E-state index in [9.17, 15) is 0 Å². The van der Waals surface area contributed by atoms with Crippen molar-refractivity contribution in [1.82, 2.24) is 19.5 Å². The number of rotatable bonds is 4. The van der Waals surface area contributed by atoms with Crippen LogP contribution in [-0.2, 0) is 0 Å². The minimum atomic E-state index is 0.633. The van der Waals surface area contributed by atoms with Crippen LogP contribution in [0, 0.1) is 0 Å². The Hall–Kier alpha value is -6.69. The summed E-state index contributed by atoms with van der Waals surface area (Å²) in [4.78, 5) is 15.8. The van der Waals surface area contributed by atoms with E-state index < -0.39 is 0 Å². The Morgan fingerprint density at radius 1 is 0.385 bits per heavy atom. The zero-order chi connectivity index (χ0) is 34.2. The molecular weight excluding hydrogens is 653 g/mol. The maximum Gasteiger partial charge on any atom is 0.166 e. The number of thiophene rings is 1. The summed E-state index contributed by atoms with van der Waals surface area (Å²) >= 11 is 1.79. The lowest BCUT2D eigenvalue weighted by Crippen LogP contribution is -2.03. The molecule has 0 atom stereocenters. The van der Waals surface area contributed by atoms with Gasteiger partial charge in [-0.2, -0.15) is 0 Å². The van der Waals surface area contributed by atoms with E-state index in [0.717, 1.165) is 38.8 Å². The minimum absolute atomic E-state index is 0.633. The van der Waals surface area contributed by atoms with Crippen LogP contribution in [0.25, 0.3) is 103 Å². The summed E-state index contributed by atoms with van der Waals surface area (Å²) < 4.78 is 4.80. The average Bonchev–Trinajstić information content (AvgIpc) is 3.75. The molecule has 8 aromatic carbocycles. The summed E-state index contributed by atoms with van der Waals surface area (Å²) in [5.41, 5.74) is 6.20. The molecule has 0 fully saturated rings. The van der Waals surface area contributed by atoms with Gasteiger partial charge >= 0.3 is 0 Å². The molecule has 3 heterocycles. The second-order valence-electron chi connectivity index (χ2n) is 13.2. The number of para-hydroxylation sites is 2. The minimum Gasteiger partial charge on any atom is -0.308 e. The van der Waals surface area contributed by atoms with Gasteiger partial charge in [0.1, 0.15) is 0 Å². The van der Waals surface area contributed by atoms with Crippen LogP contribution in [0.15, 0.2) is 170 Å². The molecule has 0 radical (unpaired) electrons. The molecule has 4 nitrogen and oxygen atoms in total. The molecule has 11 rings (SSSR count). The molecule has 0 saturated heterocycles. The molecule has 0 saturated carbocycles. The van der Waals surface area contributed by atoms with Crippen LogP contribution in [0.5, 0.6) is 0 Å². The fraction of sp³-hybridized carbons (Fsp3) is 0. The van der Waals surface area contributed by atoms with Crippen molar-refractivity contribution in [3.63, 3.8) is 0 Å². The summed E-state index contributed by atoms with van der Waals surface area (Å²) in [6, 6.07) is 60.3. The van der Waals surface area contributed by atoms with Crippen molar-refractivity contribution in [2.45, 2.75) is 0 Å². The third-order valence-electron chi connectivity index (χ3n) is 10.2. The van der Waals surface area contributed by atoms with Gasteiger partial charge in [0.05, 0.1) is 16.7 Å². The Kier molecular flexibility index (Phi) is 6.39. The Balaban J connectivity index is 1.20. The van der Waals surface area contributed by atoms with Crippen molar-refractivity contribution >= 4 is 74.9 Å². The van der Waals surface area contributed by atoms with Crippen molar-refractivity contribution in [3.05, 3.63) is 170 Å². The second kappa shape index (κ2) is 11.4. The molecule has 0 unspecified atom stereocenters. The third-order valence-corrected chi connectivity index (χ3v) is 11.4. The van der Waals surface area contributed by atoms with E-state index in [2.05, 4.69) is 174 Å². The fourth-order valence-electron chi connectivity index (χ4n) is 7.77. The fourth-order valence-corrected chi connectivity index (χ4v) is 8.98. The third kappa shape index (κ3) is 4.50. The quantitative estimate of drug-likeness (QED) is 0.186. The molecule has 0 aliphatic rings. The lowest BCUT2D eigenvalue weighted by molar-refractivity contribution is 1.07. The zero-order valence-corrected chi connectivity index (χ0v) is 28.7. The van der Waals surface area contributed by atoms with Gasteiger partial charge in [-0.15, -0.1) is 11.3 Å². The normalized spacial score (nSPS) is 11.8. The standard InChI is InChI=1S/C47H28N4S/c1-2-13-30-26-33(25-24-29(30)12-1)45-48-46(50-47(49-45)38-20-11-19-36-35-17-7-10-23-43(35)52-44(36)38)37-18-6-9-22-41(37)51-40-21-8-5-16-34(40)39-27-31-14-3-4-15-32(31)28-42(39)51/h1-28H. The van der Waals surface area contributed by atoms with Gasteiger partial charge in [0.25, 0.3) is 0 Å². The smallest absolute Gasteiger partial charge is 0.166 e. The predicted octanol–water partition coefficient (Wildman–Crippen LogP) is 12.6. The Bertz CT molecular complexity index is 3210. The van der Waals surface area contributed by atoms with Crippen molar-refractivity contribution in [2.24, 2.45) is 0 Å². The van der Waals surface area contributed by atoms with E-state index in [-0.39, 0.29) is 0 Å². The van der Waals surface area contributed by atoms with Crippen LogP contribution < -0.4 is 0 Å². The first-order valence-corrected chi connectivity index (χ1v) is 18.3. The molecule has 0 aliphatic carbocycles. The van der Waals surface area contributed by atoms with Crippen LogP contribution in [0.4, 0.5) is 0 Å². The van der Waals surface area contributed by atoms with Gasteiger partial charge in [0, 0.05) is 47.6 Å². The Morgan fingerprint density at radius 2 is 1.00 bits per heavy atom. The lowest BCUT2D eigenvalue weighted by Gasteiger charge is -2.15. The number of benzene rings is 8. The molecule has 0 N–H and O–H groups in total. The summed E-state index contributed by atoms with van der Waals surface area (Å²) in [7, 11) is 0. The van der Waals surface area contributed by atoms with Crippen molar-refractivity contribution in [3.8, 4) is 39.9 Å². The first-order chi connectivity index (χ1) is 25.8. The monoisotopic (exact) mass is 680 g/mol. The molecule has 0 amide bonds. The van der Waals surface area contributed by atoms with E-state index in [0.29, 0.717) is 17.5 Å². The van der Waals surface area contributed by atoms with Crippen LogP contribution in [0.1, 0.15) is 0 Å². The van der Waals surface area contributed by atoms with Gasteiger partial charge in [0.15, 0.2) is 17.5 Å². The van der Waals surface area contributed by atoms with Gasteiger partial charge < -0.3 is 4.57 Å². The molecule has 5 heteroatoms. The Morgan fingerprint density at radius 3 is 1.87 bits per heavy atom. The Labute approximate surface area is 302 Å². The van der Waals surface area contributed by atoms with E-state index >= 15 is 0 Å². The second-order valence-corrected chi connectivity index (χ2v) is 14.3. The molecule has 0 spiro atoms. The predicted molar refractivity (Wildman–Crippen MR) is 218 cm³/mol. The van der Waals surface area contributed by atoms with Crippen LogP contribution in [0.2, 0.25) is 0 Å². The summed E-state index contributed by atoms with van der Waals surface area (Å²) in [5, 5.41) is 9.64. The SMILES string of the molecule is c1ccc(-n2c3ccccc3c3cc4ccccc4cc32)c(-c2nc(-c3ccc4ccccc4c3)nc(-c3cccc4c3sc3ccccc34)n2)c1. The van der Waals surface area contributed by atoms with Gasteiger partial charge in [0.2, 0.25) is 0 Å². The van der Waals surface area contributed by atoms with Gasteiger partial charge in [-0.25, -0.2) is 15.0 Å². The molecule has 11 aromatic rings. The first-order valence-electron chi connectivity index (χ1n) is 17.4. The van der Waals surface area contributed by atoms with E-state index in [4.69, 9.17) is 15.0 Å². The largest absolute Gasteiger partial charge is 0.308 e. The van der Waals surface area contributed by atoms with Crippen LogP contribution >= 0.6 is 11.3 Å². The van der Waals surface area contributed by atoms with Crippen LogP contribution in [0.3, 0.4) is 0 Å². The molecule has 0 bridgehead atoms. The van der Waals surface area contributed by atoms with Crippen molar-refractivity contribution < 1.29 is 0 Å². The van der Waals surface area contributed by atoms with E-state index in [1.165, 1.54) is 47.1 Å². The maximum absolute atomic E-state index is 5.33. The van der Waals surface area contributed by atoms with Gasteiger partial charge in [-0.05, 0) is 70.1 Å². The van der Waals surface area contributed by atoms with Crippen molar-refractivity contribution in [1.29, 1.82) is 0 Å². The molecular formula is C47H28N4S. The zero-order valence-electron chi connectivity index (χ0n) is 27.9. The highest BCUT2D eigenvalue weighted by atomic mass is 32.1. The highest BCUT2D eigenvalue weighted by Gasteiger charge is 2.21. The van der Waals surface area contributed by atoms with E-state index in [1.807, 2.05) is 0 Å². The first kappa shape index (κ1) is 29.1. The van der Waals surface area contributed by atoms with Gasteiger partial charge in [-0.1, -0.05) is 121 Å². The average molecular weight is 681 g/mol.